The highest BCUT2D eigenvalue weighted by atomic mass is 16.6. The fourth-order valence-corrected chi connectivity index (χ4v) is 0.380. The molecule has 1 heterocycles. The van der Waals surface area contributed by atoms with Crippen molar-refractivity contribution in [1.82, 2.24) is 10.9 Å². The molecule has 0 aliphatic carbocycles. The van der Waals surface area contributed by atoms with Crippen molar-refractivity contribution < 1.29 is 9.53 Å². The lowest BCUT2D eigenvalue weighted by Gasteiger charge is -1.93. The van der Waals surface area contributed by atoms with E-state index in [1.807, 2.05) is 13.8 Å². The Hall–Kier alpha value is -0.770. The van der Waals surface area contributed by atoms with Gasteiger partial charge in [0.2, 0.25) is 0 Å². The maximum atomic E-state index is 10.1. The van der Waals surface area contributed by atoms with Gasteiger partial charge in [0.1, 0.15) is 0 Å². The summed E-state index contributed by atoms with van der Waals surface area (Å²) in [5.74, 6) is 0. The lowest BCUT2D eigenvalue weighted by Crippen LogP contribution is -2.29. The molecule has 1 saturated heterocycles. The number of rotatable bonds is 0. The zero-order chi connectivity index (χ0) is 7.28. The van der Waals surface area contributed by atoms with E-state index < -0.39 is 6.09 Å². The Morgan fingerprint density at radius 1 is 1.56 bits per heavy atom. The zero-order valence-corrected chi connectivity index (χ0v) is 5.89. The monoisotopic (exact) mass is 132 g/mol. The standard InChI is InChI=1S/C3H6N2O2.C2H6/c1-2-4-5-3(6)7-2;1-2/h2,4H,1H3,(H,5,6);1-2H3. The van der Waals surface area contributed by atoms with Crippen molar-refractivity contribution in [2.75, 3.05) is 0 Å². The third-order valence-corrected chi connectivity index (χ3v) is 0.661. The molecule has 1 unspecified atom stereocenters. The lowest BCUT2D eigenvalue weighted by molar-refractivity contribution is 0.140. The molecule has 0 aromatic carbocycles. The zero-order valence-electron chi connectivity index (χ0n) is 5.89. The van der Waals surface area contributed by atoms with Crippen LogP contribution in [0.25, 0.3) is 0 Å². The molecule has 0 radical (unpaired) electrons. The Morgan fingerprint density at radius 3 is 2.22 bits per heavy atom. The fourth-order valence-electron chi connectivity index (χ4n) is 0.380. The van der Waals surface area contributed by atoms with Crippen LogP contribution in [0.1, 0.15) is 20.8 Å². The molecule has 1 amide bonds. The number of hydrazine groups is 1. The molecule has 54 valence electrons. The molecule has 1 atom stereocenters. The second-order valence-corrected chi connectivity index (χ2v) is 1.32. The Morgan fingerprint density at radius 2 is 2.11 bits per heavy atom. The number of hydrogen-bond acceptors (Lipinski definition) is 3. The number of amides is 1. The number of carbonyl (C=O) groups excluding carboxylic acids is 1. The van der Waals surface area contributed by atoms with Crippen LogP contribution < -0.4 is 10.9 Å². The maximum Gasteiger partial charge on any atom is 0.423 e. The SMILES string of the molecule is CC.CC1NNC(=O)O1. The average Bonchev–Trinajstić information content (AvgIpc) is 2.20. The van der Waals surface area contributed by atoms with Crippen LogP contribution in [-0.2, 0) is 4.74 Å². The smallest absolute Gasteiger partial charge is 0.423 e. The summed E-state index contributed by atoms with van der Waals surface area (Å²) >= 11 is 0. The average molecular weight is 132 g/mol. The normalized spacial score (nSPS) is 23.4. The molecule has 2 N–H and O–H groups in total. The molecule has 1 aliphatic heterocycles. The van der Waals surface area contributed by atoms with Gasteiger partial charge in [-0.15, -0.1) is 0 Å². The minimum atomic E-state index is -0.410. The van der Waals surface area contributed by atoms with Gasteiger partial charge in [0.25, 0.3) is 0 Å². The van der Waals surface area contributed by atoms with Crippen molar-refractivity contribution in [3.63, 3.8) is 0 Å². The van der Waals surface area contributed by atoms with Crippen LogP contribution >= 0.6 is 0 Å². The summed E-state index contributed by atoms with van der Waals surface area (Å²) in [5.41, 5.74) is 4.81. The third kappa shape index (κ3) is 2.92. The Kier molecular flexibility index (Phi) is 3.79. The van der Waals surface area contributed by atoms with Gasteiger partial charge in [0.15, 0.2) is 6.23 Å². The molecule has 0 bridgehead atoms. The number of cyclic esters (lactones) is 1. The summed E-state index contributed by atoms with van der Waals surface area (Å²) < 4.78 is 4.50. The highest BCUT2D eigenvalue weighted by Crippen LogP contribution is 1.89. The molecule has 0 spiro atoms. The van der Waals surface area contributed by atoms with Crippen molar-refractivity contribution in [1.29, 1.82) is 0 Å². The lowest BCUT2D eigenvalue weighted by atomic mass is 10.7. The number of carbonyl (C=O) groups is 1. The second kappa shape index (κ2) is 4.14. The van der Waals surface area contributed by atoms with Crippen LogP contribution in [0.3, 0.4) is 0 Å². The van der Waals surface area contributed by atoms with E-state index in [1.165, 1.54) is 0 Å². The van der Waals surface area contributed by atoms with Gasteiger partial charge in [-0.05, 0) is 6.92 Å². The quantitative estimate of drug-likeness (QED) is 0.507. The molecular weight excluding hydrogens is 120 g/mol. The highest BCUT2D eigenvalue weighted by Gasteiger charge is 2.15. The first kappa shape index (κ1) is 8.23. The minimum absolute atomic E-state index is 0.188. The molecule has 4 heteroatoms. The Bertz CT molecular complexity index is 95.0. The van der Waals surface area contributed by atoms with E-state index in [4.69, 9.17) is 0 Å². The summed E-state index contributed by atoms with van der Waals surface area (Å²) in [6, 6.07) is 0. The third-order valence-electron chi connectivity index (χ3n) is 0.661. The summed E-state index contributed by atoms with van der Waals surface area (Å²) in [4.78, 5) is 10.1. The molecule has 1 fully saturated rings. The van der Waals surface area contributed by atoms with Gasteiger partial charge < -0.3 is 4.74 Å². The van der Waals surface area contributed by atoms with Gasteiger partial charge in [-0.1, -0.05) is 13.8 Å². The van der Waals surface area contributed by atoms with Crippen LogP contribution in [0, 0.1) is 0 Å². The fraction of sp³-hybridized carbons (Fsp3) is 0.800. The summed E-state index contributed by atoms with van der Waals surface area (Å²) in [5, 5.41) is 0. The van der Waals surface area contributed by atoms with Gasteiger partial charge in [-0.2, -0.15) is 5.43 Å². The summed E-state index contributed by atoms with van der Waals surface area (Å²) in [6.07, 6.45) is -0.597. The molecule has 0 saturated carbocycles. The van der Waals surface area contributed by atoms with Crippen molar-refractivity contribution >= 4 is 6.09 Å². The Labute approximate surface area is 54.5 Å². The van der Waals surface area contributed by atoms with E-state index in [9.17, 15) is 4.79 Å². The van der Waals surface area contributed by atoms with Crippen LogP contribution in [0.5, 0.6) is 0 Å². The van der Waals surface area contributed by atoms with Crippen molar-refractivity contribution in [2.24, 2.45) is 0 Å². The molecule has 1 rings (SSSR count). The van der Waals surface area contributed by atoms with Crippen LogP contribution in [-0.4, -0.2) is 12.3 Å². The van der Waals surface area contributed by atoms with Gasteiger partial charge in [-0.25, -0.2) is 4.79 Å². The first-order valence-corrected chi connectivity index (χ1v) is 3.01. The Balaban J connectivity index is 0.000000291. The van der Waals surface area contributed by atoms with E-state index in [1.54, 1.807) is 6.92 Å². The first-order chi connectivity index (χ1) is 4.29. The van der Waals surface area contributed by atoms with E-state index >= 15 is 0 Å². The molecule has 1 aliphatic rings. The van der Waals surface area contributed by atoms with Crippen molar-refractivity contribution in [3.05, 3.63) is 0 Å². The van der Waals surface area contributed by atoms with Crippen LogP contribution in [0.2, 0.25) is 0 Å². The van der Waals surface area contributed by atoms with E-state index in [0.717, 1.165) is 0 Å². The molecule has 4 nitrogen and oxygen atoms in total. The van der Waals surface area contributed by atoms with Crippen LogP contribution in [0.4, 0.5) is 4.79 Å². The van der Waals surface area contributed by atoms with E-state index in [0.29, 0.717) is 0 Å². The number of ether oxygens (including phenoxy) is 1. The van der Waals surface area contributed by atoms with Gasteiger partial charge in [-0.3, -0.25) is 5.43 Å². The number of nitrogens with one attached hydrogen (secondary N) is 2. The summed E-state index contributed by atoms with van der Waals surface area (Å²) in [6.45, 7) is 5.73. The second-order valence-electron chi connectivity index (χ2n) is 1.32. The molecule has 0 aromatic heterocycles. The predicted octanol–water partition coefficient (Wildman–Crippen LogP) is 0.603. The summed E-state index contributed by atoms with van der Waals surface area (Å²) in [7, 11) is 0. The van der Waals surface area contributed by atoms with Crippen molar-refractivity contribution in [3.8, 4) is 0 Å². The minimum Gasteiger partial charge on any atom is -0.428 e. The highest BCUT2D eigenvalue weighted by molar-refractivity contribution is 5.68. The largest absolute Gasteiger partial charge is 0.428 e. The number of hydrogen-bond donors (Lipinski definition) is 2. The maximum absolute atomic E-state index is 10.1. The predicted molar refractivity (Wildman–Crippen MR) is 33.6 cm³/mol. The van der Waals surface area contributed by atoms with Gasteiger partial charge in [0, 0.05) is 0 Å². The van der Waals surface area contributed by atoms with E-state index in [-0.39, 0.29) is 6.23 Å². The van der Waals surface area contributed by atoms with Gasteiger partial charge in [0.05, 0.1) is 0 Å². The molecule has 9 heavy (non-hydrogen) atoms. The molecule has 0 aromatic rings. The first-order valence-electron chi connectivity index (χ1n) is 3.01. The van der Waals surface area contributed by atoms with Gasteiger partial charge >= 0.3 is 6.09 Å². The van der Waals surface area contributed by atoms with E-state index in [2.05, 4.69) is 15.6 Å². The topological polar surface area (TPSA) is 50.4 Å². The van der Waals surface area contributed by atoms with Crippen molar-refractivity contribution in [2.45, 2.75) is 27.0 Å². The molecular formula is C5H12N2O2. The van der Waals surface area contributed by atoms with Crippen LogP contribution in [0.15, 0.2) is 0 Å².